The lowest BCUT2D eigenvalue weighted by Crippen LogP contribution is -2.56. The van der Waals surface area contributed by atoms with Gasteiger partial charge in [-0.05, 0) is 54.5 Å². The number of aromatic nitrogens is 1. The number of nitrogens with one attached hydrogen (secondary N) is 6. The highest BCUT2D eigenvalue weighted by molar-refractivity contribution is 6.01. The van der Waals surface area contributed by atoms with E-state index in [-0.39, 0.29) is 49.9 Å². The molecule has 0 spiro atoms. The number of carbonyl (C=O) groups is 5. The van der Waals surface area contributed by atoms with E-state index in [1.54, 1.807) is 24.3 Å². The average molecular weight is 695 g/mol. The summed E-state index contributed by atoms with van der Waals surface area (Å²) in [6, 6.07) is 20.7. The van der Waals surface area contributed by atoms with Crippen LogP contribution in [0.2, 0.25) is 0 Å². The summed E-state index contributed by atoms with van der Waals surface area (Å²) in [5.41, 5.74) is 3.06. The number of aromatic amines is 1. The quantitative estimate of drug-likeness (QED) is 0.166. The van der Waals surface area contributed by atoms with Crippen LogP contribution in [0.4, 0.5) is 0 Å². The summed E-state index contributed by atoms with van der Waals surface area (Å²) in [5, 5.41) is 15.2. The Morgan fingerprint density at radius 3 is 2.41 bits per heavy atom. The SMILES string of the molecule is CC(C)C[C@@H]1NC(=O)C[C@@H](C(=O)NCCc2c[nH]c3ccccc23)NC(=O)c2ccccc2OCCCNC(=O)[C@H](Cc2ccccc2)NC1=O. The number of rotatable bonds is 8. The molecule has 5 amide bonds. The number of carbonyl (C=O) groups excluding carboxylic acids is 5. The van der Waals surface area contributed by atoms with Gasteiger partial charge in [-0.15, -0.1) is 0 Å². The zero-order chi connectivity index (χ0) is 36.2. The molecule has 3 atom stereocenters. The molecule has 0 saturated carbocycles. The van der Waals surface area contributed by atoms with Gasteiger partial charge in [0.05, 0.1) is 18.6 Å². The van der Waals surface area contributed by atoms with Gasteiger partial charge in [0.2, 0.25) is 23.6 Å². The van der Waals surface area contributed by atoms with Crippen LogP contribution >= 0.6 is 0 Å². The largest absolute Gasteiger partial charge is 0.493 e. The van der Waals surface area contributed by atoms with Crippen LogP contribution in [0.1, 0.15) is 54.6 Å². The van der Waals surface area contributed by atoms with Gasteiger partial charge in [0.15, 0.2) is 0 Å². The predicted molar refractivity (Wildman–Crippen MR) is 194 cm³/mol. The first-order chi connectivity index (χ1) is 24.7. The minimum Gasteiger partial charge on any atom is -0.493 e. The Kier molecular flexibility index (Phi) is 12.8. The van der Waals surface area contributed by atoms with Gasteiger partial charge in [-0.2, -0.15) is 0 Å². The Labute approximate surface area is 297 Å². The van der Waals surface area contributed by atoms with Gasteiger partial charge < -0.3 is 36.3 Å². The average Bonchev–Trinajstić information content (AvgIpc) is 3.53. The number of amides is 5. The van der Waals surface area contributed by atoms with Crippen LogP contribution < -0.4 is 31.3 Å². The molecule has 12 heteroatoms. The maximum absolute atomic E-state index is 13.7. The minimum absolute atomic E-state index is 0.0140. The Morgan fingerprint density at radius 1 is 0.863 bits per heavy atom. The van der Waals surface area contributed by atoms with E-state index < -0.39 is 48.2 Å². The van der Waals surface area contributed by atoms with E-state index in [1.807, 2.05) is 74.6 Å². The second-order valence-corrected chi connectivity index (χ2v) is 13.1. The first-order valence-electron chi connectivity index (χ1n) is 17.4. The van der Waals surface area contributed by atoms with Crippen molar-refractivity contribution in [3.63, 3.8) is 0 Å². The third-order valence-electron chi connectivity index (χ3n) is 8.66. The van der Waals surface area contributed by atoms with Gasteiger partial charge >= 0.3 is 0 Å². The molecule has 1 aliphatic rings. The van der Waals surface area contributed by atoms with Crippen LogP contribution in [-0.2, 0) is 32.0 Å². The molecular weight excluding hydrogens is 648 g/mol. The summed E-state index contributed by atoms with van der Waals surface area (Å²) in [6.07, 6.45) is 2.96. The van der Waals surface area contributed by atoms with Gasteiger partial charge in [0.25, 0.3) is 5.91 Å². The minimum atomic E-state index is -1.26. The lowest BCUT2D eigenvalue weighted by Gasteiger charge is -2.25. The summed E-state index contributed by atoms with van der Waals surface area (Å²) in [6.45, 7) is 4.56. The molecule has 1 aliphatic heterocycles. The summed E-state index contributed by atoms with van der Waals surface area (Å²) in [7, 11) is 0. The maximum atomic E-state index is 13.7. The molecule has 0 radical (unpaired) electrons. The van der Waals surface area contributed by atoms with Crippen molar-refractivity contribution in [2.45, 2.75) is 64.1 Å². The Morgan fingerprint density at radius 2 is 1.61 bits per heavy atom. The third-order valence-corrected chi connectivity index (χ3v) is 8.66. The number of ether oxygens (including phenoxy) is 1. The zero-order valence-electron chi connectivity index (χ0n) is 29.0. The lowest BCUT2D eigenvalue weighted by atomic mass is 10.0. The fraction of sp³-hybridized carbons (Fsp3) is 0.359. The molecule has 0 bridgehead atoms. The number of H-pyrrole nitrogens is 1. The maximum Gasteiger partial charge on any atom is 0.255 e. The van der Waals surface area contributed by atoms with Gasteiger partial charge in [0.1, 0.15) is 23.9 Å². The second-order valence-electron chi connectivity index (χ2n) is 13.1. The predicted octanol–water partition coefficient (Wildman–Crippen LogP) is 3.17. The Hall–Kier alpha value is -5.65. The highest BCUT2D eigenvalue weighted by atomic mass is 16.5. The van der Waals surface area contributed by atoms with E-state index in [0.29, 0.717) is 18.6 Å². The van der Waals surface area contributed by atoms with Crippen molar-refractivity contribution in [1.29, 1.82) is 0 Å². The molecule has 5 rings (SSSR count). The van der Waals surface area contributed by atoms with Crippen LogP contribution in [-0.4, -0.2) is 72.3 Å². The highest BCUT2D eigenvalue weighted by Gasteiger charge is 2.31. The summed E-state index contributed by atoms with van der Waals surface area (Å²) in [5.74, 6) is -2.32. The summed E-state index contributed by atoms with van der Waals surface area (Å²) in [4.78, 5) is 71.1. The topological polar surface area (TPSA) is 171 Å². The van der Waals surface area contributed by atoms with E-state index in [4.69, 9.17) is 4.74 Å². The van der Waals surface area contributed by atoms with Crippen LogP contribution in [0, 0.1) is 5.92 Å². The number of hydrogen-bond acceptors (Lipinski definition) is 6. The van der Waals surface area contributed by atoms with Crippen molar-refractivity contribution in [3.8, 4) is 5.75 Å². The zero-order valence-corrected chi connectivity index (χ0v) is 29.0. The first kappa shape index (κ1) is 36.6. The normalized spacial score (nSPS) is 19.4. The van der Waals surface area contributed by atoms with E-state index in [0.717, 1.165) is 22.0 Å². The fourth-order valence-corrected chi connectivity index (χ4v) is 6.07. The van der Waals surface area contributed by atoms with Crippen molar-refractivity contribution in [1.82, 2.24) is 31.6 Å². The molecule has 4 aromatic rings. The lowest BCUT2D eigenvalue weighted by molar-refractivity contribution is -0.133. The van der Waals surface area contributed by atoms with Crippen LogP contribution in [0.3, 0.4) is 0 Å². The van der Waals surface area contributed by atoms with Crippen LogP contribution in [0.25, 0.3) is 10.9 Å². The molecule has 268 valence electrons. The molecule has 6 N–H and O–H groups in total. The van der Waals surface area contributed by atoms with E-state index in [1.165, 1.54) is 0 Å². The smallest absolute Gasteiger partial charge is 0.255 e. The monoisotopic (exact) mass is 694 g/mol. The van der Waals surface area contributed by atoms with Crippen LogP contribution in [0.15, 0.2) is 85.1 Å². The molecule has 12 nitrogen and oxygen atoms in total. The number of hydrogen-bond donors (Lipinski definition) is 6. The number of benzene rings is 3. The fourth-order valence-electron chi connectivity index (χ4n) is 6.07. The third kappa shape index (κ3) is 10.4. The number of fused-ring (bicyclic) bond motifs is 2. The van der Waals surface area contributed by atoms with Gasteiger partial charge in [-0.25, -0.2) is 0 Å². The Balaban J connectivity index is 1.37. The molecule has 0 unspecified atom stereocenters. The van der Waals surface area contributed by atoms with Crippen molar-refractivity contribution < 1.29 is 28.7 Å². The number of para-hydroxylation sites is 2. The molecule has 0 fully saturated rings. The van der Waals surface area contributed by atoms with Crippen molar-refractivity contribution in [2.75, 3.05) is 19.7 Å². The van der Waals surface area contributed by atoms with Gasteiger partial charge in [-0.1, -0.05) is 74.5 Å². The van der Waals surface area contributed by atoms with Crippen molar-refractivity contribution in [3.05, 3.63) is 102 Å². The molecular formula is C39H46N6O6. The molecule has 0 aliphatic carbocycles. The first-order valence-corrected chi connectivity index (χ1v) is 17.4. The van der Waals surface area contributed by atoms with E-state index in [9.17, 15) is 24.0 Å². The van der Waals surface area contributed by atoms with E-state index in [2.05, 4.69) is 31.6 Å². The van der Waals surface area contributed by atoms with Gasteiger partial charge in [0, 0.05) is 36.6 Å². The molecule has 1 aromatic heterocycles. The Bertz CT molecular complexity index is 1820. The second kappa shape index (κ2) is 17.8. The summed E-state index contributed by atoms with van der Waals surface area (Å²) < 4.78 is 5.92. The van der Waals surface area contributed by atoms with Crippen molar-refractivity contribution in [2.24, 2.45) is 5.92 Å². The van der Waals surface area contributed by atoms with Crippen molar-refractivity contribution >= 4 is 40.4 Å². The molecule has 0 saturated heterocycles. The molecule has 51 heavy (non-hydrogen) atoms. The van der Waals surface area contributed by atoms with Gasteiger partial charge in [-0.3, -0.25) is 24.0 Å². The van der Waals surface area contributed by atoms with E-state index >= 15 is 0 Å². The highest BCUT2D eigenvalue weighted by Crippen LogP contribution is 2.20. The molecule has 2 heterocycles. The van der Waals surface area contributed by atoms with Crippen LogP contribution in [0.5, 0.6) is 5.75 Å². The standard InChI is InChI=1S/C39H46N6O6/c1-25(2)21-31-39(50)45-32(22-26-11-4-3-5-12-26)37(48)40-18-10-20-51-34-16-9-7-14-29(34)36(47)44-33(23-35(46)43-31)38(49)41-19-17-27-24-42-30-15-8-6-13-28(27)30/h3-9,11-16,24-25,31-33,42H,10,17-23H2,1-2H3,(H,40,48)(H,41,49)(H,43,46)(H,44,47)(H,45,50)/t31-,32-,33-/m0/s1. The molecule has 3 aromatic carbocycles. The summed E-state index contributed by atoms with van der Waals surface area (Å²) >= 11 is 0.